The molecular formula is C21H19FN2O3S. The number of benzene rings is 2. The van der Waals surface area contributed by atoms with E-state index in [1.165, 1.54) is 17.7 Å². The Morgan fingerprint density at radius 3 is 2.82 bits per heavy atom. The number of hydrogen-bond donors (Lipinski definition) is 2. The summed E-state index contributed by atoms with van der Waals surface area (Å²) >= 11 is 1.65. The smallest absolute Gasteiger partial charge is 0.174 e. The summed E-state index contributed by atoms with van der Waals surface area (Å²) in [4.78, 5) is 0. The maximum atomic E-state index is 13.3. The number of aliphatic hydroxyl groups excluding tert-OH is 1. The number of nitrogens with one attached hydrogen (secondary N) is 1. The van der Waals surface area contributed by atoms with Crippen molar-refractivity contribution in [3.63, 3.8) is 0 Å². The van der Waals surface area contributed by atoms with Gasteiger partial charge in [0.1, 0.15) is 29.8 Å². The van der Waals surface area contributed by atoms with Gasteiger partial charge in [0, 0.05) is 30.1 Å². The lowest BCUT2D eigenvalue weighted by Gasteiger charge is -2.13. The molecule has 5 nitrogen and oxygen atoms in total. The number of hydrogen-bond acceptors (Lipinski definition) is 6. The van der Waals surface area contributed by atoms with E-state index in [1.807, 2.05) is 17.5 Å². The molecule has 0 amide bonds. The van der Waals surface area contributed by atoms with Crippen LogP contribution >= 0.6 is 11.3 Å². The third kappa shape index (κ3) is 4.39. The first-order valence-electron chi connectivity index (χ1n) is 8.87. The molecule has 0 fully saturated rings. The van der Waals surface area contributed by atoms with E-state index in [-0.39, 0.29) is 12.4 Å². The largest absolute Gasteiger partial charge is 0.491 e. The van der Waals surface area contributed by atoms with Crippen molar-refractivity contribution in [1.82, 2.24) is 10.5 Å². The summed E-state index contributed by atoms with van der Waals surface area (Å²) in [5.41, 5.74) is 2.50. The second-order valence-corrected chi connectivity index (χ2v) is 7.20. The molecule has 1 atom stereocenters. The molecule has 28 heavy (non-hydrogen) atoms. The number of aliphatic hydroxyl groups is 1. The molecule has 2 aromatic heterocycles. The lowest BCUT2D eigenvalue weighted by molar-refractivity contribution is 0.106. The summed E-state index contributed by atoms with van der Waals surface area (Å²) in [7, 11) is 0. The number of halogens is 1. The van der Waals surface area contributed by atoms with E-state index in [4.69, 9.17) is 9.26 Å². The second-order valence-electron chi connectivity index (χ2n) is 6.42. The fourth-order valence-corrected chi connectivity index (χ4v) is 3.52. The van der Waals surface area contributed by atoms with Crippen LogP contribution in [-0.4, -0.2) is 29.5 Å². The first-order chi connectivity index (χ1) is 13.7. The SMILES string of the molecule is OC(CNCc1ccsc1)COc1ccc(-c2onc3cc(F)ccc23)cc1. The number of rotatable bonds is 8. The Morgan fingerprint density at radius 2 is 2.04 bits per heavy atom. The maximum Gasteiger partial charge on any atom is 0.174 e. The topological polar surface area (TPSA) is 67.5 Å². The van der Waals surface area contributed by atoms with Crippen molar-refractivity contribution >= 4 is 22.2 Å². The minimum atomic E-state index is -0.605. The van der Waals surface area contributed by atoms with E-state index in [0.29, 0.717) is 23.6 Å². The van der Waals surface area contributed by atoms with Gasteiger partial charge in [-0.3, -0.25) is 0 Å². The molecule has 144 valence electrons. The molecule has 0 spiro atoms. The first kappa shape index (κ1) is 18.6. The zero-order valence-electron chi connectivity index (χ0n) is 15.0. The summed E-state index contributed by atoms with van der Waals surface area (Å²) in [5, 5.41) is 22.0. The van der Waals surface area contributed by atoms with Crippen molar-refractivity contribution in [3.05, 3.63) is 70.7 Å². The maximum absolute atomic E-state index is 13.3. The molecule has 4 aromatic rings. The molecule has 0 aliphatic carbocycles. The summed E-state index contributed by atoms with van der Waals surface area (Å²) < 4.78 is 24.3. The van der Waals surface area contributed by atoms with Gasteiger partial charge in [-0.1, -0.05) is 5.16 Å². The molecule has 0 aliphatic heterocycles. The van der Waals surface area contributed by atoms with Crippen LogP contribution in [0.5, 0.6) is 5.75 Å². The lowest BCUT2D eigenvalue weighted by Crippen LogP contribution is -2.31. The normalized spacial score (nSPS) is 12.4. The highest BCUT2D eigenvalue weighted by atomic mass is 32.1. The highest BCUT2D eigenvalue weighted by Crippen LogP contribution is 2.30. The van der Waals surface area contributed by atoms with Crippen molar-refractivity contribution in [3.8, 4) is 17.1 Å². The quantitative estimate of drug-likeness (QED) is 0.465. The summed E-state index contributed by atoms with van der Waals surface area (Å²) in [6, 6.07) is 13.7. The fourth-order valence-electron chi connectivity index (χ4n) is 2.85. The van der Waals surface area contributed by atoms with Gasteiger partial charge in [0.2, 0.25) is 0 Å². The monoisotopic (exact) mass is 398 g/mol. The predicted octanol–water partition coefficient (Wildman–Crippen LogP) is 4.22. The van der Waals surface area contributed by atoms with Crippen LogP contribution in [0.1, 0.15) is 5.56 Å². The van der Waals surface area contributed by atoms with Crippen LogP contribution in [0.4, 0.5) is 4.39 Å². The molecule has 2 aromatic carbocycles. The molecule has 0 saturated heterocycles. The Morgan fingerprint density at radius 1 is 1.18 bits per heavy atom. The van der Waals surface area contributed by atoms with E-state index in [9.17, 15) is 9.50 Å². The Labute approximate surface area is 165 Å². The minimum Gasteiger partial charge on any atom is -0.491 e. The van der Waals surface area contributed by atoms with Gasteiger partial charge in [0.05, 0.1) is 0 Å². The van der Waals surface area contributed by atoms with Crippen LogP contribution in [0.15, 0.2) is 63.8 Å². The predicted molar refractivity (Wildman–Crippen MR) is 107 cm³/mol. The van der Waals surface area contributed by atoms with Gasteiger partial charge < -0.3 is 19.7 Å². The molecule has 0 bridgehead atoms. The summed E-state index contributed by atoms with van der Waals surface area (Å²) in [6.07, 6.45) is -0.605. The third-order valence-corrected chi connectivity index (χ3v) is 5.02. The zero-order valence-corrected chi connectivity index (χ0v) is 15.8. The van der Waals surface area contributed by atoms with Gasteiger partial charge >= 0.3 is 0 Å². The number of nitrogens with zero attached hydrogens (tertiary/aromatic N) is 1. The lowest BCUT2D eigenvalue weighted by atomic mass is 10.1. The van der Waals surface area contributed by atoms with Crippen molar-refractivity contribution in [2.24, 2.45) is 0 Å². The average molecular weight is 398 g/mol. The standard InChI is InChI=1S/C21H19FN2O3S/c22-16-3-6-19-20(9-16)24-27-21(19)15-1-4-18(5-2-15)26-12-17(25)11-23-10-14-7-8-28-13-14/h1-9,13,17,23,25H,10-12H2. The number of thiophene rings is 1. The van der Waals surface area contributed by atoms with Gasteiger partial charge in [-0.05, 0) is 58.8 Å². The number of fused-ring (bicyclic) bond motifs is 1. The Bertz CT molecular complexity index is 1030. The molecule has 0 aliphatic rings. The van der Waals surface area contributed by atoms with Crippen LogP contribution in [0.2, 0.25) is 0 Å². The van der Waals surface area contributed by atoms with Crippen molar-refractivity contribution in [2.45, 2.75) is 12.6 Å². The van der Waals surface area contributed by atoms with Gasteiger partial charge in [-0.25, -0.2) is 4.39 Å². The summed E-state index contributed by atoms with van der Waals surface area (Å²) in [5.74, 6) is 0.884. The molecule has 2 N–H and O–H groups in total. The van der Waals surface area contributed by atoms with Crippen molar-refractivity contribution in [1.29, 1.82) is 0 Å². The van der Waals surface area contributed by atoms with Gasteiger partial charge in [0.15, 0.2) is 5.76 Å². The van der Waals surface area contributed by atoms with Crippen molar-refractivity contribution in [2.75, 3.05) is 13.2 Å². The Kier molecular flexibility index (Phi) is 5.66. The van der Waals surface area contributed by atoms with E-state index in [1.54, 1.807) is 29.5 Å². The molecule has 0 saturated carbocycles. The zero-order chi connectivity index (χ0) is 19.3. The highest BCUT2D eigenvalue weighted by molar-refractivity contribution is 7.07. The van der Waals surface area contributed by atoms with Crippen molar-refractivity contribution < 1.29 is 18.8 Å². The van der Waals surface area contributed by atoms with E-state index in [0.717, 1.165) is 17.5 Å². The Balaban J connectivity index is 1.31. The summed E-state index contributed by atoms with van der Waals surface area (Å²) in [6.45, 7) is 1.37. The van der Waals surface area contributed by atoms with Crippen LogP contribution in [-0.2, 0) is 6.54 Å². The number of aromatic nitrogens is 1. The molecular weight excluding hydrogens is 379 g/mol. The molecule has 1 unspecified atom stereocenters. The number of ether oxygens (including phenoxy) is 1. The van der Waals surface area contributed by atoms with Gasteiger partial charge in [-0.2, -0.15) is 11.3 Å². The van der Waals surface area contributed by atoms with E-state index >= 15 is 0 Å². The van der Waals surface area contributed by atoms with Crippen LogP contribution < -0.4 is 10.1 Å². The molecule has 4 rings (SSSR count). The molecule has 0 radical (unpaired) electrons. The molecule has 7 heteroatoms. The minimum absolute atomic E-state index is 0.195. The second kappa shape index (κ2) is 8.52. The highest BCUT2D eigenvalue weighted by Gasteiger charge is 2.12. The van der Waals surface area contributed by atoms with E-state index in [2.05, 4.69) is 21.9 Å². The van der Waals surface area contributed by atoms with Gasteiger partial charge in [-0.15, -0.1) is 0 Å². The van der Waals surface area contributed by atoms with Crippen LogP contribution in [0.3, 0.4) is 0 Å². The third-order valence-electron chi connectivity index (χ3n) is 4.29. The Hall–Kier alpha value is -2.74. The average Bonchev–Trinajstić information content (AvgIpc) is 3.36. The fraction of sp³-hybridized carbons (Fsp3) is 0.190. The van der Waals surface area contributed by atoms with Crippen LogP contribution in [0, 0.1) is 5.82 Å². The molecule has 2 heterocycles. The van der Waals surface area contributed by atoms with E-state index < -0.39 is 6.10 Å². The van der Waals surface area contributed by atoms with Gasteiger partial charge in [0.25, 0.3) is 0 Å². The van der Waals surface area contributed by atoms with Crippen LogP contribution in [0.25, 0.3) is 22.2 Å². The first-order valence-corrected chi connectivity index (χ1v) is 9.81.